The molecule has 2 aromatic carbocycles. The third kappa shape index (κ3) is 7.92. The molecule has 0 heterocycles. The predicted octanol–water partition coefficient (Wildman–Crippen LogP) is 4.83. The van der Waals surface area contributed by atoms with Crippen molar-refractivity contribution in [3.8, 4) is 28.7 Å². The van der Waals surface area contributed by atoms with E-state index in [2.05, 4.69) is 13.8 Å². The van der Waals surface area contributed by atoms with Crippen LogP contribution in [0.25, 0.3) is 0 Å². The van der Waals surface area contributed by atoms with E-state index in [1.54, 1.807) is 19.2 Å². The Balaban J connectivity index is 0.00000512. The van der Waals surface area contributed by atoms with Crippen molar-refractivity contribution in [3.05, 3.63) is 35.9 Å². The van der Waals surface area contributed by atoms with Gasteiger partial charge in [-0.2, -0.15) is 0 Å². The number of rotatable bonds is 14. The first-order valence-electron chi connectivity index (χ1n) is 10.6. The van der Waals surface area contributed by atoms with Gasteiger partial charge in [-0.05, 0) is 33.6 Å². The van der Waals surface area contributed by atoms with Gasteiger partial charge in [0.25, 0.3) is 0 Å². The van der Waals surface area contributed by atoms with Gasteiger partial charge < -0.3 is 23.7 Å². The van der Waals surface area contributed by atoms with E-state index in [4.69, 9.17) is 23.7 Å². The Labute approximate surface area is 205 Å². The Morgan fingerprint density at radius 1 is 0.781 bits per heavy atom. The molecule has 1 unspecified atom stereocenters. The van der Waals surface area contributed by atoms with Crippen LogP contribution in [0.3, 0.4) is 0 Å². The van der Waals surface area contributed by atoms with Crippen LogP contribution in [-0.4, -0.2) is 58.9 Å². The molecule has 0 aliphatic rings. The van der Waals surface area contributed by atoms with Crippen LogP contribution in [0.15, 0.2) is 30.3 Å². The first-order valence-corrected chi connectivity index (χ1v) is 11.6. The van der Waals surface area contributed by atoms with Crippen LogP contribution >= 0.6 is 8.58 Å². The van der Waals surface area contributed by atoms with Gasteiger partial charge in [-0.15, -0.1) is 0 Å². The molecule has 2 rings (SSSR count). The first-order chi connectivity index (χ1) is 15.1. The van der Waals surface area contributed by atoms with E-state index in [1.165, 1.54) is 14.2 Å². The number of methoxy groups -OCH3 is 3. The van der Waals surface area contributed by atoms with Crippen molar-refractivity contribution in [1.29, 1.82) is 0 Å². The summed E-state index contributed by atoms with van der Waals surface area (Å²) in [6.45, 7) is 5.49. The molecule has 0 aliphatic carbocycles. The molecule has 0 N–H and O–H groups in total. The Morgan fingerprint density at radius 2 is 1.34 bits per heavy atom. The zero-order chi connectivity index (χ0) is 22.6. The van der Waals surface area contributed by atoms with Gasteiger partial charge in [0.2, 0.25) is 0 Å². The van der Waals surface area contributed by atoms with E-state index in [9.17, 15) is 4.79 Å². The van der Waals surface area contributed by atoms with Crippen LogP contribution < -0.4 is 29.0 Å². The van der Waals surface area contributed by atoms with Gasteiger partial charge in [0.05, 0.1) is 34.5 Å². The maximum atomic E-state index is 13.3. The average Bonchev–Trinajstić information content (AvgIpc) is 2.79. The van der Waals surface area contributed by atoms with Gasteiger partial charge in [-0.1, -0.05) is 26.7 Å². The zero-order valence-electron chi connectivity index (χ0n) is 20.1. The molecule has 0 saturated heterocycles. The molecule has 6 nitrogen and oxygen atoms in total. The molecule has 0 spiro atoms. The minimum Gasteiger partial charge on any atom is -0.496 e. The van der Waals surface area contributed by atoms with Crippen molar-refractivity contribution in [2.24, 2.45) is 0 Å². The molecule has 0 aliphatic heterocycles. The van der Waals surface area contributed by atoms with E-state index >= 15 is 0 Å². The maximum Gasteiger partial charge on any atom is 0.193 e. The molecule has 0 amide bonds. The number of ether oxygens (including phenoxy) is 5. The predicted molar refractivity (Wildman–Crippen MR) is 131 cm³/mol. The monoisotopic (exact) mass is 455 g/mol. The molecule has 2 aromatic rings. The standard InChI is InChI=1S/C24H33O6P.Li/c1-6-8-12-29-17-10-11-22(19(14-17)30-13-9-7-2)31-24(25)23-20(27-4)15-18(26-3)16-21(23)28-5;/h10-11,14-16,31H,6-9,12-13H2,1-5H3;. The third-order valence-corrected chi connectivity index (χ3v) is 5.82. The van der Waals surface area contributed by atoms with Crippen LogP contribution in [0.4, 0.5) is 0 Å². The molecule has 0 aromatic heterocycles. The summed E-state index contributed by atoms with van der Waals surface area (Å²) in [4.78, 5) is 13.3. The Hall–Kier alpha value is -1.86. The largest absolute Gasteiger partial charge is 0.496 e. The topological polar surface area (TPSA) is 63.2 Å². The van der Waals surface area contributed by atoms with Gasteiger partial charge in [0.15, 0.2) is 5.52 Å². The third-order valence-electron chi connectivity index (χ3n) is 4.67. The molecular formula is C24H33LiO6P. The van der Waals surface area contributed by atoms with Crippen LogP contribution in [0, 0.1) is 0 Å². The average molecular weight is 455 g/mol. The summed E-state index contributed by atoms with van der Waals surface area (Å²) in [5, 5.41) is 0.823. The number of benzene rings is 2. The molecule has 8 heteroatoms. The molecule has 0 fully saturated rings. The second-order valence-electron chi connectivity index (χ2n) is 6.92. The second-order valence-corrected chi connectivity index (χ2v) is 8.17. The van der Waals surface area contributed by atoms with E-state index in [-0.39, 0.29) is 33.0 Å². The molecule has 32 heavy (non-hydrogen) atoms. The minimum atomic E-state index is -0.159. The van der Waals surface area contributed by atoms with E-state index < -0.39 is 0 Å². The second kappa shape index (κ2) is 15.1. The summed E-state index contributed by atoms with van der Waals surface area (Å²) in [5.41, 5.74) is 0.295. The van der Waals surface area contributed by atoms with Crippen LogP contribution in [0.2, 0.25) is 0 Å². The van der Waals surface area contributed by atoms with Crippen LogP contribution in [0.5, 0.6) is 28.7 Å². The number of carbonyl (C=O) groups excluding carboxylic acids is 1. The van der Waals surface area contributed by atoms with E-state index in [0.717, 1.165) is 36.7 Å². The fourth-order valence-electron chi connectivity index (χ4n) is 2.89. The van der Waals surface area contributed by atoms with E-state index in [1.807, 2.05) is 18.2 Å². The number of unbranched alkanes of at least 4 members (excludes halogenated alkanes) is 2. The first kappa shape index (κ1) is 28.2. The summed E-state index contributed by atoms with van der Waals surface area (Å²) < 4.78 is 28.0. The molecule has 0 saturated carbocycles. The fraction of sp³-hybridized carbons (Fsp3) is 0.458. The summed E-state index contributed by atoms with van der Waals surface area (Å²) in [7, 11) is 4.45. The van der Waals surface area contributed by atoms with E-state index in [0.29, 0.717) is 41.8 Å². The maximum absolute atomic E-state index is 13.3. The van der Waals surface area contributed by atoms with Crippen molar-refractivity contribution in [2.45, 2.75) is 39.5 Å². The zero-order valence-corrected chi connectivity index (χ0v) is 21.1. The smallest absolute Gasteiger partial charge is 0.193 e. The Kier molecular flexibility index (Phi) is 13.3. The molecule has 1 atom stereocenters. The summed E-state index contributed by atoms with van der Waals surface area (Å²) in [5.74, 6) is 2.83. The van der Waals surface area contributed by atoms with Crippen LogP contribution in [0.1, 0.15) is 49.9 Å². The Bertz CT molecular complexity index is 833. The van der Waals surface area contributed by atoms with Crippen molar-refractivity contribution in [1.82, 2.24) is 0 Å². The van der Waals surface area contributed by atoms with Crippen LogP contribution in [-0.2, 0) is 0 Å². The van der Waals surface area contributed by atoms with Gasteiger partial charge in [0, 0.05) is 42.4 Å². The van der Waals surface area contributed by atoms with Crippen molar-refractivity contribution in [2.75, 3.05) is 34.5 Å². The number of hydrogen-bond acceptors (Lipinski definition) is 6. The molecular weight excluding hydrogens is 422 g/mol. The Morgan fingerprint density at radius 3 is 1.88 bits per heavy atom. The fourth-order valence-corrected chi connectivity index (χ4v) is 3.94. The summed E-state index contributed by atoms with van der Waals surface area (Å²) in [6, 6.07) is 9.04. The SMILES string of the molecule is CCCCOc1ccc(PC(=O)c2c(OC)cc(OC)cc2OC)c(OCCCC)c1.[Li]. The molecule has 171 valence electrons. The number of carbonyl (C=O) groups is 1. The van der Waals surface area contributed by atoms with Gasteiger partial charge >= 0.3 is 0 Å². The van der Waals surface area contributed by atoms with Crippen molar-refractivity contribution >= 4 is 38.3 Å². The van der Waals surface area contributed by atoms with Gasteiger partial charge in [-0.3, -0.25) is 4.79 Å². The summed E-state index contributed by atoms with van der Waals surface area (Å²) in [6.07, 6.45) is 4.03. The molecule has 1 radical (unpaired) electrons. The van der Waals surface area contributed by atoms with Gasteiger partial charge in [-0.25, -0.2) is 0 Å². The number of hydrogen-bond donors (Lipinski definition) is 0. The normalized spacial score (nSPS) is 10.5. The van der Waals surface area contributed by atoms with Crippen molar-refractivity contribution < 1.29 is 28.5 Å². The summed E-state index contributed by atoms with van der Waals surface area (Å²) >= 11 is 0. The molecule has 0 bridgehead atoms. The minimum absolute atomic E-state index is 0. The quantitative estimate of drug-likeness (QED) is 0.231. The van der Waals surface area contributed by atoms with Gasteiger partial charge in [0.1, 0.15) is 34.3 Å². The van der Waals surface area contributed by atoms with Crippen molar-refractivity contribution in [3.63, 3.8) is 0 Å².